The number of nitrogens with one attached hydrogen (secondary N) is 2. The van der Waals surface area contributed by atoms with E-state index in [1.807, 2.05) is 0 Å². The van der Waals surface area contributed by atoms with Crippen molar-refractivity contribution in [2.75, 3.05) is 0 Å². The molecule has 42 valence electrons. The third-order valence-corrected chi connectivity index (χ3v) is 0.691. The maximum absolute atomic E-state index is 6.45. The van der Waals surface area contributed by atoms with Gasteiger partial charge in [0.05, 0.1) is 0 Å². The van der Waals surface area contributed by atoms with Crippen LogP contribution in [-0.4, -0.2) is 15.2 Å². The number of aryl methyl sites for hydroxylation is 1. The lowest BCUT2D eigenvalue weighted by Crippen LogP contribution is -1.69. The minimum atomic E-state index is 0.252. The summed E-state index contributed by atoms with van der Waals surface area (Å²) in [4.78, 5) is 3.71. The molecule has 0 bridgehead atoms. The van der Waals surface area contributed by atoms with Crippen molar-refractivity contribution >= 4 is 5.95 Å². The van der Waals surface area contributed by atoms with Crippen LogP contribution in [0.2, 0.25) is 0 Å². The molecule has 8 heavy (non-hydrogen) atoms. The average Bonchev–Trinajstić information content (AvgIpc) is 2.14. The Bertz CT molecular complexity index is 189. The molecule has 0 aliphatic heterocycles. The first-order chi connectivity index (χ1) is 3.83. The lowest BCUT2D eigenvalue weighted by Gasteiger charge is -1.69. The quantitative estimate of drug-likeness (QED) is 0.525. The first kappa shape index (κ1) is 4.89. The molecule has 0 saturated carbocycles. The first-order valence-corrected chi connectivity index (χ1v) is 2.09. The highest BCUT2D eigenvalue weighted by molar-refractivity contribution is 5.08. The van der Waals surface area contributed by atoms with Crippen LogP contribution in [0.5, 0.6) is 0 Å². The Morgan fingerprint density at radius 2 is 2.50 bits per heavy atom. The van der Waals surface area contributed by atoms with E-state index in [-0.39, 0.29) is 5.95 Å². The van der Waals surface area contributed by atoms with Crippen LogP contribution in [0.15, 0.2) is 5.11 Å². The van der Waals surface area contributed by atoms with E-state index in [0.717, 1.165) is 0 Å². The lowest BCUT2D eigenvalue weighted by molar-refractivity contribution is 1.01. The maximum atomic E-state index is 6.45. The highest BCUT2D eigenvalue weighted by Crippen LogP contribution is 1.98. The van der Waals surface area contributed by atoms with Gasteiger partial charge in [0.25, 0.3) is 5.95 Å². The number of nitrogens with zero attached hydrogens (tertiary/aromatic N) is 3. The third-order valence-electron chi connectivity index (χ3n) is 0.691. The van der Waals surface area contributed by atoms with Crippen LogP contribution in [0, 0.1) is 12.5 Å². The van der Waals surface area contributed by atoms with Gasteiger partial charge < -0.3 is 0 Å². The monoisotopic (exact) mass is 111 g/mol. The van der Waals surface area contributed by atoms with E-state index in [2.05, 4.69) is 20.3 Å². The van der Waals surface area contributed by atoms with Gasteiger partial charge in [0.2, 0.25) is 0 Å². The largest absolute Gasteiger partial charge is 0.264 e. The van der Waals surface area contributed by atoms with Crippen LogP contribution in [-0.2, 0) is 0 Å². The second-order valence-electron chi connectivity index (χ2n) is 1.32. The Balaban J connectivity index is 3.00. The van der Waals surface area contributed by atoms with Crippen molar-refractivity contribution in [1.29, 1.82) is 5.53 Å². The standard InChI is InChI=1S/C3H5N5/c1-2-5-3(6-4)8-7-2/h4H,1H3,(H,5,7,8). The van der Waals surface area contributed by atoms with Gasteiger partial charge in [-0.25, -0.2) is 10.6 Å². The van der Waals surface area contributed by atoms with Gasteiger partial charge >= 0.3 is 0 Å². The molecule has 2 N–H and O–H groups in total. The Hall–Kier alpha value is -1.26. The summed E-state index contributed by atoms with van der Waals surface area (Å²) in [6.07, 6.45) is 0. The molecular formula is C3H5N5. The summed E-state index contributed by atoms with van der Waals surface area (Å²) in [5, 5.41) is 9.09. The van der Waals surface area contributed by atoms with Crippen LogP contribution in [0.25, 0.3) is 0 Å². The van der Waals surface area contributed by atoms with Gasteiger partial charge in [0.15, 0.2) is 0 Å². The highest BCUT2D eigenvalue weighted by Gasteiger charge is 1.91. The molecule has 5 heteroatoms. The second kappa shape index (κ2) is 1.69. The van der Waals surface area contributed by atoms with Crippen molar-refractivity contribution in [2.24, 2.45) is 5.11 Å². The summed E-state index contributed by atoms with van der Waals surface area (Å²) >= 11 is 0. The van der Waals surface area contributed by atoms with Gasteiger partial charge in [-0.2, -0.15) is 10.1 Å². The summed E-state index contributed by atoms with van der Waals surface area (Å²) in [6.45, 7) is 1.73. The smallest absolute Gasteiger partial charge is 0.242 e. The van der Waals surface area contributed by atoms with Crippen LogP contribution in [0.1, 0.15) is 5.82 Å². The Morgan fingerprint density at radius 1 is 1.75 bits per heavy atom. The van der Waals surface area contributed by atoms with E-state index >= 15 is 0 Å². The molecule has 0 fully saturated rings. The van der Waals surface area contributed by atoms with Crippen LogP contribution < -0.4 is 0 Å². The van der Waals surface area contributed by atoms with Gasteiger partial charge in [-0.15, -0.1) is 5.11 Å². The van der Waals surface area contributed by atoms with Crippen molar-refractivity contribution in [3.63, 3.8) is 0 Å². The summed E-state index contributed by atoms with van der Waals surface area (Å²) in [5.41, 5.74) is 6.45. The van der Waals surface area contributed by atoms with E-state index in [1.165, 1.54) is 0 Å². The van der Waals surface area contributed by atoms with Gasteiger partial charge in [-0.1, -0.05) is 0 Å². The van der Waals surface area contributed by atoms with Crippen molar-refractivity contribution in [3.8, 4) is 0 Å². The average molecular weight is 111 g/mol. The molecule has 0 aromatic carbocycles. The molecule has 0 radical (unpaired) electrons. The summed E-state index contributed by atoms with van der Waals surface area (Å²) in [6, 6.07) is 0. The molecular weight excluding hydrogens is 106 g/mol. The summed E-state index contributed by atoms with van der Waals surface area (Å²) in [5.74, 6) is 0.860. The van der Waals surface area contributed by atoms with E-state index in [4.69, 9.17) is 5.53 Å². The van der Waals surface area contributed by atoms with E-state index in [0.29, 0.717) is 5.82 Å². The maximum Gasteiger partial charge on any atom is 0.264 e. The second-order valence-corrected chi connectivity index (χ2v) is 1.32. The number of rotatable bonds is 1. The van der Waals surface area contributed by atoms with Crippen LogP contribution >= 0.6 is 0 Å². The molecule has 0 saturated heterocycles. The molecule has 0 atom stereocenters. The molecule has 0 unspecified atom stereocenters. The van der Waals surface area contributed by atoms with Crippen molar-refractivity contribution < 1.29 is 0 Å². The molecule has 0 spiro atoms. The highest BCUT2D eigenvalue weighted by atomic mass is 15.3. The fraction of sp³-hybridized carbons (Fsp3) is 0.333. The predicted molar refractivity (Wildman–Crippen MR) is 25.9 cm³/mol. The predicted octanol–water partition coefficient (Wildman–Crippen LogP) is 0.776. The van der Waals surface area contributed by atoms with Gasteiger partial charge in [0.1, 0.15) is 5.82 Å². The number of H-pyrrole nitrogens is 1. The number of aromatic amines is 1. The fourth-order valence-electron chi connectivity index (χ4n) is 0.384. The molecule has 5 nitrogen and oxygen atoms in total. The fourth-order valence-corrected chi connectivity index (χ4v) is 0.384. The number of aromatic nitrogens is 3. The van der Waals surface area contributed by atoms with Crippen LogP contribution in [0.4, 0.5) is 5.95 Å². The zero-order valence-corrected chi connectivity index (χ0v) is 4.34. The molecule has 0 aliphatic rings. The number of hydrogen-bond acceptors (Lipinski definition) is 4. The third kappa shape index (κ3) is 0.699. The first-order valence-electron chi connectivity index (χ1n) is 2.09. The van der Waals surface area contributed by atoms with Crippen molar-refractivity contribution in [1.82, 2.24) is 15.2 Å². The van der Waals surface area contributed by atoms with Gasteiger partial charge in [-0.05, 0) is 6.92 Å². The minimum Gasteiger partial charge on any atom is -0.242 e. The van der Waals surface area contributed by atoms with E-state index in [1.54, 1.807) is 6.92 Å². The minimum absolute atomic E-state index is 0.252. The zero-order valence-electron chi connectivity index (χ0n) is 4.34. The van der Waals surface area contributed by atoms with Crippen molar-refractivity contribution in [3.05, 3.63) is 5.82 Å². The Labute approximate surface area is 45.7 Å². The molecule has 1 heterocycles. The molecule has 0 aliphatic carbocycles. The SMILES string of the molecule is Cc1n[nH]c(N=N)n1. The Kier molecular flexibility index (Phi) is 1.03. The molecule has 1 rings (SSSR count). The van der Waals surface area contributed by atoms with E-state index in [9.17, 15) is 0 Å². The summed E-state index contributed by atoms with van der Waals surface area (Å²) in [7, 11) is 0. The van der Waals surface area contributed by atoms with Gasteiger partial charge in [0, 0.05) is 0 Å². The van der Waals surface area contributed by atoms with Crippen LogP contribution in [0.3, 0.4) is 0 Å². The van der Waals surface area contributed by atoms with E-state index < -0.39 is 0 Å². The van der Waals surface area contributed by atoms with Gasteiger partial charge in [-0.3, -0.25) is 0 Å². The molecule has 1 aromatic heterocycles. The normalized spacial score (nSPS) is 9.12. The van der Waals surface area contributed by atoms with Crippen molar-refractivity contribution in [2.45, 2.75) is 6.92 Å². The summed E-state index contributed by atoms with van der Waals surface area (Å²) < 4.78 is 0. The molecule has 0 amide bonds. The molecule has 1 aromatic rings. The number of hydrogen-bond donors (Lipinski definition) is 2. The lowest BCUT2D eigenvalue weighted by atomic mass is 10.8. The zero-order chi connectivity index (χ0) is 5.98. The Morgan fingerprint density at radius 3 is 2.75 bits per heavy atom. The topological polar surface area (TPSA) is 77.8 Å².